The molecular weight excluding hydrogens is 407 g/mol. The van der Waals surface area contributed by atoms with Gasteiger partial charge in [0.15, 0.2) is 11.5 Å². The van der Waals surface area contributed by atoms with E-state index in [1.807, 2.05) is 18.2 Å². The summed E-state index contributed by atoms with van der Waals surface area (Å²) in [4.78, 5) is 14.9. The summed E-state index contributed by atoms with van der Waals surface area (Å²) in [5.41, 5.74) is 0.996. The van der Waals surface area contributed by atoms with Gasteiger partial charge >= 0.3 is 6.18 Å². The lowest BCUT2D eigenvalue weighted by Gasteiger charge is -2.26. The third-order valence-electron chi connectivity index (χ3n) is 5.79. The lowest BCUT2D eigenvalue weighted by Crippen LogP contribution is -2.36. The fraction of sp³-hybridized carbons (Fsp3) is 0.458. The van der Waals surface area contributed by atoms with Crippen LogP contribution >= 0.6 is 0 Å². The highest BCUT2D eigenvalue weighted by Gasteiger charge is 2.30. The van der Waals surface area contributed by atoms with Gasteiger partial charge in [0.25, 0.3) is 0 Å². The minimum absolute atomic E-state index is 0.000137. The molecule has 0 aromatic heterocycles. The number of benzene rings is 2. The second-order valence-electron chi connectivity index (χ2n) is 7.88. The van der Waals surface area contributed by atoms with Crippen molar-refractivity contribution in [1.29, 1.82) is 0 Å². The molecule has 168 valence electrons. The molecule has 7 heteroatoms. The van der Waals surface area contributed by atoms with Gasteiger partial charge in [0, 0.05) is 19.0 Å². The van der Waals surface area contributed by atoms with Crippen LogP contribution in [0, 0.1) is 5.92 Å². The summed E-state index contributed by atoms with van der Waals surface area (Å²) >= 11 is 0. The number of amides is 1. The van der Waals surface area contributed by atoms with Gasteiger partial charge in [-0.05, 0) is 54.7 Å². The van der Waals surface area contributed by atoms with Crippen LogP contribution in [0.1, 0.15) is 42.4 Å². The van der Waals surface area contributed by atoms with Crippen LogP contribution in [0.25, 0.3) is 0 Å². The largest absolute Gasteiger partial charge is 0.493 e. The highest BCUT2D eigenvalue weighted by atomic mass is 19.4. The molecule has 1 fully saturated rings. The molecule has 3 rings (SSSR count). The van der Waals surface area contributed by atoms with E-state index < -0.39 is 11.7 Å². The van der Waals surface area contributed by atoms with Gasteiger partial charge in [0.05, 0.1) is 19.8 Å². The molecule has 1 saturated carbocycles. The number of carbonyl (C=O) groups is 1. The number of hydrogen-bond acceptors (Lipinski definition) is 3. The summed E-state index contributed by atoms with van der Waals surface area (Å²) in [5, 5.41) is 0. The van der Waals surface area contributed by atoms with Crippen LogP contribution in [0.2, 0.25) is 0 Å². The van der Waals surface area contributed by atoms with E-state index in [1.165, 1.54) is 12.1 Å². The third-order valence-corrected chi connectivity index (χ3v) is 5.79. The standard InChI is InChI=1S/C24H28F3NO3/c1-30-21-12-9-17(15-22(21)31-2)13-14-28(23(29)19-5-3-4-6-19)16-18-7-10-20(11-8-18)24(25,26)27/h7-12,15,19H,3-6,13-14,16H2,1-2H3. The first kappa shape index (κ1) is 23.0. The fourth-order valence-electron chi connectivity index (χ4n) is 4.02. The number of halogens is 3. The molecule has 0 radical (unpaired) electrons. The zero-order valence-electron chi connectivity index (χ0n) is 17.9. The molecule has 2 aromatic carbocycles. The number of nitrogens with zero attached hydrogens (tertiary/aromatic N) is 1. The molecule has 1 amide bonds. The van der Waals surface area contributed by atoms with E-state index in [1.54, 1.807) is 19.1 Å². The molecular formula is C24H28F3NO3. The van der Waals surface area contributed by atoms with E-state index in [4.69, 9.17) is 9.47 Å². The van der Waals surface area contributed by atoms with E-state index in [9.17, 15) is 18.0 Å². The van der Waals surface area contributed by atoms with Gasteiger partial charge in [-0.3, -0.25) is 4.79 Å². The molecule has 0 unspecified atom stereocenters. The van der Waals surface area contributed by atoms with Crippen LogP contribution < -0.4 is 9.47 Å². The second kappa shape index (κ2) is 10.1. The van der Waals surface area contributed by atoms with Gasteiger partial charge in [-0.25, -0.2) is 0 Å². The monoisotopic (exact) mass is 435 g/mol. The first-order chi connectivity index (χ1) is 14.8. The van der Waals surface area contributed by atoms with E-state index >= 15 is 0 Å². The van der Waals surface area contributed by atoms with Gasteiger partial charge in [0.2, 0.25) is 5.91 Å². The molecule has 1 aliphatic rings. The third kappa shape index (κ3) is 5.93. The Morgan fingerprint density at radius 1 is 0.968 bits per heavy atom. The topological polar surface area (TPSA) is 38.8 Å². The van der Waals surface area contributed by atoms with Gasteiger partial charge in [-0.2, -0.15) is 13.2 Å². The molecule has 31 heavy (non-hydrogen) atoms. The van der Waals surface area contributed by atoms with Gasteiger partial charge in [-0.1, -0.05) is 31.0 Å². The van der Waals surface area contributed by atoms with Crippen LogP contribution in [0.3, 0.4) is 0 Å². The normalized spacial score (nSPS) is 14.5. The van der Waals surface area contributed by atoms with Crippen LogP contribution in [0.4, 0.5) is 13.2 Å². The Balaban J connectivity index is 1.74. The predicted octanol–water partition coefficient (Wildman–Crippen LogP) is 5.48. The van der Waals surface area contributed by atoms with Crippen LogP contribution in [0.15, 0.2) is 42.5 Å². The van der Waals surface area contributed by atoms with Crippen molar-refractivity contribution in [1.82, 2.24) is 4.90 Å². The van der Waals surface area contributed by atoms with Crippen LogP contribution in [-0.2, 0) is 23.9 Å². The summed E-state index contributed by atoms with van der Waals surface area (Å²) in [7, 11) is 3.14. The quantitative estimate of drug-likeness (QED) is 0.551. The predicted molar refractivity (Wildman–Crippen MR) is 112 cm³/mol. The first-order valence-corrected chi connectivity index (χ1v) is 10.5. The van der Waals surface area contributed by atoms with Crippen molar-refractivity contribution in [3.05, 3.63) is 59.2 Å². The molecule has 0 heterocycles. The van der Waals surface area contributed by atoms with Gasteiger partial charge in [0.1, 0.15) is 0 Å². The molecule has 1 aliphatic carbocycles. The molecule has 0 aliphatic heterocycles. The average molecular weight is 435 g/mol. The Hall–Kier alpha value is -2.70. The molecule has 4 nitrogen and oxygen atoms in total. The number of rotatable bonds is 8. The van der Waals surface area contributed by atoms with Crippen molar-refractivity contribution < 1.29 is 27.4 Å². The van der Waals surface area contributed by atoms with E-state index in [-0.39, 0.29) is 11.8 Å². The zero-order valence-corrected chi connectivity index (χ0v) is 17.9. The smallest absolute Gasteiger partial charge is 0.416 e. The van der Waals surface area contributed by atoms with Crippen molar-refractivity contribution in [2.45, 2.75) is 44.8 Å². The molecule has 0 N–H and O–H groups in total. The lowest BCUT2D eigenvalue weighted by molar-refractivity contribution is -0.138. The van der Waals surface area contributed by atoms with Crippen LogP contribution in [0.5, 0.6) is 11.5 Å². The van der Waals surface area contributed by atoms with Crippen molar-refractivity contribution >= 4 is 5.91 Å². The Labute approximate surface area is 181 Å². The van der Waals surface area contributed by atoms with Gasteiger partial charge < -0.3 is 14.4 Å². The number of methoxy groups -OCH3 is 2. The van der Waals surface area contributed by atoms with E-state index in [0.29, 0.717) is 36.6 Å². The van der Waals surface area contributed by atoms with E-state index in [0.717, 1.165) is 43.4 Å². The molecule has 0 bridgehead atoms. The maximum atomic E-state index is 13.1. The van der Waals surface area contributed by atoms with Crippen molar-refractivity contribution in [2.75, 3.05) is 20.8 Å². The second-order valence-corrected chi connectivity index (χ2v) is 7.88. The molecule has 0 saturated heterocycles. The molecule has 2 aromatic rings. The zero-order chi connectivity index (χ0) is 22.4. The lowest BCUT2D eigenvalue weighted by atomic mass is 10.0. The first-order valence-electron chi connectivity index (χ1n) is 10.5. The number of carbonyl (C=O) groups excluding carboxylic acids is 1. The SMILES string of the molecule is COc1ccc(CCN(Cc2ccc(C(F)(F)F)cc2)C(=O)C2CCCC2)cc1OC. The highest BCUT2D eigenvalue weighted by molar-refractivity contribution is 5.79. The number of ether oxygens (including phenoxy) is 2. The minimum Gasteiger partial charge on any atom is -0.493 e. The summed E-state index contributed by atoms with van der Waals surface area (Å²) in [6.07, 6.45) is 0.0720. The average Bonchev–Trinajstić information content (AvgIpc) is 3.30. The van der Waals surface area contributed by atoms with E-state index in [2.05, 4.69) is 0 Å². The van der Waals surface area contributed by atoms with Crippen molar-refractivity contribution in [3.63, 3.8) is 0 Å². The van der Waals surface area contributed by atoms with Crippen LogP contribution in [-0.4, -0.2) is 31.6 Å². The summed E-state index contributed by atoms with van der Waals surface area (Å²) in [5.74, 6) is 1.34. The molecule has 0 atom stereocenters. The number of alkyl halides is 3. The summed E-state index contributed by atoms with van der Waals surface area (Å²) < 4.78 is 49.2. The maximum Gasteiger partial charge on any atom is 0.416 e. The summed E-state index contributed by atoms with van der Waals surface area (Å²) in [6.45, 7) is 0.770. The van der Waals surface area contributed by atoms with Gasteiger partial charge in [-0.15, -0.1) is 0 Å². The Kier molecular flexibility index (Phi) is 7.46. The Morgan fingerprint density at radius 3 is 2.16 bits per heavy atom. The highest BCUT2D eigenvalue weighted by Crippen LogP contribution is 2.31. The van der Waals surface area contributed by atoms with Crippen molar-refractivity contribution in [2.24, 2.45) is 5.92 Å². The summed E-state index contributed by atoms with van der Waals surface area (Å²) in [6, 6.07) is 10.7. The fourth-order valence-corrected chi connectivity index (χ4v) is 4.02. The Bertz CT molecular complexity index is 875. The minimum atomic E-state index is -4.37. The maximum absolute atomic E-state index is 13.1. The molecule has 0 spiro atoms. The Morgan fingerprint density at radius 2 is 1.58 bits per heavy atom. The number of hydrogen-bond donors (Lipinski definition) is 0. The van der Waals surface area contributed by atoms with Crippen molar-refractivity contribution in [3.8, 4) is 11.5 Å².